The SMILES string of the molecule is CSc1ccc(NC(=O)Nc2ccc(N3CCCCC3)c(C(=O)NCC3CCCO3)c2)cc1. The third-order valence-corrected chi connectivity index (χ3v) is 6.80. The molecule has 2 heterocycles. The van der Waals surface area contributed by atoms with Crippen molar-refractivity contribution in [1.82, 2.24) is 5.32 Å². The van der Waals surface area contributed by atoms with Crippen molar-refractivity contribution in [2.24, 2.45) is 0 Å². The van der Waals surface area contributed by atoms with Crippen LogP contribution in [0.25, 0.3) is 0 Å². The van der Waals surface area contributed by atoms with Gasteiger partial charge in [0.15, 0.2) is 0 Å². The van der Waals surface area contributed by atoms with Crippen molar-refractivity contribution < 1.29 is 14.3 Å². The smallest absolute Gasteiger partial charge is 0.323 e. The average Bonchev–Trinajstić information content (AvgIpc) is 3.37. The number of carbonyl (C=O) groups is 2. The predicted octanol–water partition coefficient (Wildman–Crippen LogP) is 4.95. The lowest BCUT2D eigenvalue weighted by Crippen LogP contribution is -2.35. The fourth-order valence-corrected chi connectivity index (χ4v) is 4.69. The van der Waals surface area contributed by atoms with Crippen molar-refractivity contribution in [3.8, 4) is 0 Å². The van der Waals surface area contributed by atoms with Crippen molar-refractivity contribution >= 4 is 40.8 Å². The van der Waals surface area contributed by atoms with Crippen LogP contribution in [-0.4, -0.2) is 50.5 Å². The third kappa shape index (κ3) is 6.42. The number of anilines is 3. The average molecular weight is 469 g/mol. The van der Waals surface area contributed by atoms with Gasteiger partial charge in [0.2, 0.25) is 0 Å². The minimum absolute atomic E-state index is 0.0805. The molecule has 8 heteroatoms. The standard InChI is InChI=1S/C25H32N4O3S/c1-33-21-10-7-18(8-11-21)27-25(31)28-19-9-12-23(29-13-3-2-4-14-29)22(16-19)24(30)26-17-20-6-5-15-32-20/h7-12,16,20H,2-6,13-15,17H2,1H3,(H,26,30)(H2,27,28,31). The zero-order chi connectivity index (χ0) is 23.0. The molecule has 3 amide bonds. The first-order chi connectivity index (χ1) is 16.1. The third-order valence-electron chi connectivity index (χ3n) is 6.06. The Morgan fingerprint density at radius 2 is 1.73 bits per heavy atom. The number of benzene rings is 2. The van der Waals surface area contributed by atoms with Crippen LogP contribution in [0.1, 0.15) is 42.5 Å². The van der Waals surface area contributed by atoms with Gasteiger partial charge in [-0.3, -0.25) is 4.79 Å². The van der Waals surface area contributed by atoms with E-state index in [-0.39, 0.29) is 18.0 Å². The number of nitrogens with zero attached hydrogens (tertiary/aromatic N) is 1. The van der Waals surface area contributed by atoms with Crippen molar-refractivity contribution in [1.29, 1.82) is 0 Å². The monoisotopic (exact) mass is 468 g/mol. The van der Waals surface area contributed by atoms with Crippen LogP contribution in [0.2, 0.25) is 0 Å². The van der Waals surface area contributed by atoms with Gasteiger partial charge in [-0.05, 0) is 80.8 Å². The molecule has 2 fully saturated rings. The fourth-order valence-electron chi connectivity index (χ4n) is 4.28. The Bertz CT molecular complexity index is 955. The van der Waals surface area contributed by atoms with E-state index in [9.17, 15) is 9.59 Å². The number of ether oxygens (including phenoxy) is 1. The maximum absolute atomic E-state index is 13.1. The molecule has 4 rings (SSSR count). The van der Waals surface area contributed by atoms with Crippen molar-refractivity contribution in [3.05, 3.63) is 48.0 Å². The first-order valence-corrected chi connectivity index (χ1v) is 12.9. The zero-order valence-electron chi connectivity index (χ0n) is 19.1. The topological polar surface area (TPSA) is 82.7 Å². The molecule has 2 aliphatic rings. The Hall–Kier alpha value is -2.71. The summed E-state index contributed by atoms with van der Waals surface area (Å²) in [7, 11) is 0. The number of carbonyl (C=O) groups excluding carboxylic acids is 2. The van der Waals surface area contributed by atoms with Gasteiger partial charge in [0, 0.05) is 48.2 Å². The highest BCUT2D eigenvalue weighted by Gasteiger charge is 2.22. The molecule has 33 heavy (non-hydrogen) atoms. The molecule has 0 spiro atoms. The van der Waals surface area contributed by atoms with E-state index in [1.54, 1.807) is 17.8 Å². The summed E-state index contributed by atoms with van der Waals surface area (Å²) in [5.74, 6) is -0.136. The number of nitrogens with one attached hydrogen (secondary N) is 3. The summed E-state index contributed by atoms with van der Waals surface area (Å²) in [6.07, 6.45) is 7.56. The molecule has 1 atom stereocenters. The molecule has 176 valence electrons. The highest BCUT2D eigenvalue weighted by atomic mass is 32.2. The first-order valence-electron chi connectivity index (χ1n) is 11.6. The van der Waals surface area contributed by atoms with E-state index in [1.807, 2.05) is 42.7 Å². The normalized spacial score (nSPS) is 18.1. The van der Waals surface area contributed by atoms with Crippen molar-refractivity contribution in [3.63, 3.8) is 0 Å². The first kappa shape index (κ1) is 23.4. The molecule has 1 unspecified atom stereocenters. The van der Waals surface area contributed by atoms with Crippen LogP contribution in [0.4, 0.5) is 21.9 Å². The van der Waals surface area contributed by atoms with E-state index >= 15 is 0 Å². The number of amides is 3. The van der Waals surface area contributed by atoms with Crippen LogP contribution in [0.5, 0.6) is 0 Å². The largest absolute Gasteiger partial charge is 0.376 e. The lowest BCUT2D eigenvalue weighted by Gasteiger charge is -2.30. The van der Waals surface area contributed by atoms with Gasteiger partial charge in [0.05, 0.1) is 11.7 Å². The number of hydrogen-bond acceptors (Lipinski definition) is 5. The van der Waals surface area contributed by atoms with Gasteiger partial charge in [0.25, 0.3) is 5.91 Å². The summed E-state index contributed by atoms with van der Waals surface area (Å²) in [4.78, 5) is 29.1. The van der Waals surface area contributed by atoms with Gasteiger partial charge in [-0.15, -0.1) is 11.8 Å². The highest BCUT2D eigenvalue weighted by molar-refractivity contribution is 7.98. The van der Waals surface area contributed by atoms with E-state index in [0.29, 0.717) is 23.5 Å². The Labute approximate surface area is 199 Å². The van der Waals surface area contributed by atoms with E-state index in [0.717, 1.165) is 56.0 Å². The van der Waals surface area contributed by atoms with E-state index in [1.165, 1.54) is 6.42 Å². The summed E-state index contributed by atoms with van der Waals surface area (Å²) >= 11 is 1.65. The molecule has 0 aliphatic carbocycles. The maximum Gasteiger partial charge on any atom is 0.323 e. The van der Waals surface area contributed by atoms with Gasteiger partial charge in [-0.2, -0.15) is 0 Å². The maximum atomic E-state index is 13.1. The molecule has 2 aromatic rings. The Kier molecular flexibility index (Phi) is 8.12. The molecule has 0 radical (unpaired) electrons. The van der Waals surface area contributed by atoms with Crippen LogP contribution in [-0.2, 0) is 4.74 Å². The van der Waals surface area contributed by atoms with Crippen LogP contribution >= 0.6 is 11.8 Å². The number of urea groups is 1. The quantitative estimate of drug-likeness (QED) is 0.501. The molecule has 7 nitrogen and oxygen atoms in total. The second-order valence-corrected chi connectivity index (χ2v) is 9.31. The Morgan fingerprint density at radius 1 is 1.00 bits per heavy atom. The number of thioether (sulfide) groups is 1. The van der Waals surface area contributed by atoms with Gasteiger partial charge >= 0.3 is 6.03 Å². The lowest BCUT2D eigenvalue weighted by molar-refractivity contribution is 0.0858. The summed E-state index contributed by atoms with van der Waals surface area (Å²) < 4.78 is 5.64. The minimum Gasteiger partial charge on any atom is -0.376 e. The molecular weight excluding hydrogens is 436 g/mol. The van der Waals surface area contributed by atoms with Gasteiger partial charge in [-0.25, -0.2) is 4.79 Å². The van der Waals surface area contributed by atoms with Crippen LogP contribution < -0.4 is 20.9 Å². The van der Waals surface area contributed by atoms with Gasteiger partial charge < -0.3 is 25.6 Å². The van der Waals surface area contributed by atoms with Crippen LogP contribution in [0.3, 0.4) is 0 Å². The Balaban J connectivity index is 1.47. The number of piperidine rings is 1. The second-order valence-electron chi connectivity index (χ2n) is 8.43. The van der Waals surface area contributed by atoms with E-state index in [2.05, 4.69) is 20.9 Å². The van der Waals surface area contributed by atoms with Crippen molar-refractivity contribution in [2.45, 2.75) is 43.1 Å². The molecule has 0 saturated carbocycles. The summed E-state index contributed by atoms with van der Waals surface area (Å²) in [6, 6.07) is 12.9. The summed E-state index contributed by atoms with van der Waals surface area (Å²) in [5, 5.41) is 8.74. The van der Waals surface area contributed by atoms with Crippen LogP contribution in [0.15, 0.2) is 47.4 Å². The van der Waals surface area contributed by atoms with Crippen molar-refractivity contribution in [2.75, 3.05) is 48.0 Å². The van der Waals surface area contributed by atoms with Gasteiger partial charge in [-0.1, -0.05) is 0 Å². The Morgan fingerprint density at radius 3 is 2.42 bits per heavy atom. The predicted molar refractivity (Wildman–Crippen MR) is 135 cm³/mol. The second kappa shape index (κ2) is 11.4. The zero-order valence-corrected chi connectivity index (χ0v) is 19.9. The van der Waals surface area contributed by atoms with Gasteiger partial charge in [0.1, 0.15) is 0 Å². The lowest BCUT2D eigenvalue weighted by atomic mass is 10.1. The molecule has 2 saturated heterocycles. The number of rotatable bonds is 7. The molecule has 2 aromatic carbocycles. The van der Waals surface area contributed by atoms with E-state index in [4.69, 9.17) is 4.74 Å². The fraction of sp³-hybridized carbons (Fsp3) is 0.440. The molecule has 3 N–H and O–H groups in total. The molecular formula is C25H32N4O3S. The minimum atomic E-state index is -0.344. The number of hydrogen-bond donors (Lipinski definition) is 3. The summed E-state index contributed by atoms with van der Waals surface area (Å²) in [6.45, 7) is 3.13. The molecule has 0 aromatic heterocycles. The molecule has 2 aliphatic heterocycles. The van der Waals surface area contributed by atoms with Crippen LogP contribution in [0, 0.1) is 0 Å². The highest BCUT2D eigenvalue weighted by Crippen LogP contribution is 2.28. The van der Waals surface area contributed by atoms with E-state index < -0.39 is 0 Å². The summed E-state index contributed by atoms with van der Waals surface area (Å²) in [5.41, 5.74) is 2.79. The molecule has 0 bridgehead atoms.